The monoisotopic (exact) mass is 132 g/mol. The summed E-state index contributed by atoms with van der Waals surface area (Å²) < 4.78 is 0. The van der Waals surface area contributed by atoms with E-state index >= 15 is 0 Å². The lowest BCUT2D eigenvalue weighted by Crippen LogP contribution is -2.37. The first-order valence-electron chi connectivity index (χ1n) is 2.78. The number of hydrogen-bond acceptors (Lipinski definition) is 3. The van der Waals surface area contributed by atoms with Gasteiger partial charge in [0.15, 0.2) is 0 Å². The van der Waals surface area contributed by atoms with Gasteiger partial charge in [0, 0.05) is 13.5 Å². The summed E-state index contributed by atoms with van der Waals surface area (Å²) in [5.41, 5.74) is 2.45. The summed E-state index contributed by atoms with van der Waals surface area (Å²) in [7, 11) is 3.10. The largest absolute Gasteiger partial charge is 0.283 e. The van der Waals surface area contributed by atoms with Crippen LogP contribution in [0.5, 0.6) is 0 Å². The number of hydroxylamine groups is 1. The molecule has 0 aromatic rings. The predicted octanol–water partition coefficient (Wildman–Crippen LogP) is -0.0792. The minimum atomic E-state index is -0.0562. The third-order valence-corrected chi connectivity index (χ3v) is 0.877. The molecule has 0 saturated heterocycles. The second-order valence-corrected chi connectivity index (χ2v) is 1.57. The van der Waals surface area contributed by atoms with Crippen LogP contribution >= 0.6 is 0 Å². The molecule has 0 radical (unpaired) electrons. The van der Waals surface area contributed by atoms with Crippen LogP contribution in [0.3, 0.4) is 0 Å². The molecular formula is C5H12N2O2. The molecule has 1 N–H and O–H groups in total. The van der Waals surface area contributed by atoms with Gasteiger partial charge in [-0.15, -0.1) is 5.17 Å². The molecule has 0 rings (SSSR count). The fraction of sp³-hybridized carbons (Fsp3) is 0.800. The van der Waals surface area contributed by atoms with E-state index in [0.717, 1.165) is 0 Å². The molecule has 0 fully saturated rings. The fourth-order valence-corrected chi connectivity index (χ4v) is 0.300. The molecule has 0 heterocycles. The molecule has 0 aromatic heterocycles. The number of carbonyl (C=O) groups excluding carboxylic acids is 1. The van der Waals surface area contributed by atoms with Crippen molar-refractivity contribution >= 4 is 5.91 Å². The standard InChI is InChI=1S/C5H12N2O2/c1-4-5(8)6-7(2)9-3/h4H2,1-3H3,(H,6,8). The van der Waals surface area contributed by atoms with Crippen LogP contribution in [0, 0.1) is 0 Å². The molecular weight excluding hydrogens is 120 g/mol. The predicted molar refractivity (Wildman–Crippen MR) is 33.2 cm³/mol. The van der Waals surface area contributed by atoms with E-state index in [9.17, 15) is 4.79 Å². The van der Waals surface area contributed by atoms with Gasteiger partial charge in [-0.2, -0.15) is 0 Å². The Morgan fingerprint density at radius 1 is 1.78 bits per heavy atom. The summed E-state index contributed by atoms with van der Waals surface area (Å²) in [6.07, 6.45) is 0.466. The van der Waals surface area contributed by atoms with Crippen molar-refractivity contribution in [2.75, 3.05) is 14.2 Å². The lowest BCUT2D eigenvalue weighted by atomic mass is 10.5. The molecule has 0 unspecified atom stereocenters. The van der Waals surface area contributed by atoms with E-state index in [1.807, 2.05) is 0 Å². The maximum absolute atomic E-state index is 10.5. The second kappa shape index (κ2) is 4.29. The van der Waals surface area contributed by atoms with Crippen molar-refractivity contribution in [3.05, 3.63) is 0 Å². The third kappa shape index (κ3) is 3.93. The van der Waals surface area contributed by atoms with E-state index in [2.05, 4.69) is 10.3 Å². The quantitative estimate of drug-likeness (QED) is 0.546. The zero-order valence-electron chi connectivity index (χ0n) is 5.97. The normalized spacial score (nSPS) is 9.78. The Morgan fingerprint density at radius 3 is 2.67 bits per heavy atom. The summed E-state index contributed by atoms with van der Waals surface area (Å²) >= 11 is 0. The van der Waals surface area contributed by atoms with Gasteiger partial charge < -0.3 is 0 Å². The summed E-state index contributed by atoms with van der Waals surface area (Å²) in [5.74, 6) is -0.0562. The summed E-state index contributed by atoms with van der Waals surface area (Å²) in [5, 5.41) is 1.26. The van der Waals surface area contributed by atoms with E-state index in [-0.39, 0.29) is 5.91 Å². The van der Waals surface area contributed by atoms with Crippen molar-refractivity contribution in [2.45, 2.75) is 13.3 Å². The summed E-state index contributed by atoms with van der Waals surface area (Å²) in [6.45, 7) is 1.78. The maximum atomic E-state index is 10.5. The van der Waals surface area contributed by atoms with Crippen LogP contribution in [0.2, 0.25) is 0 Å². The van der Waals surface area contributed by atoms with Gasteiger partial charge >= 0.3 is 0 Å². The average molecular weight is 132 g/mol. The van der Waals surface area contributed by atoms with Gasteiger partial charge in [-0.1, -0.05) is 6.92 Å². The second-order valence-electron chi connectivity index (χ2n) is 1.57. The van der Waals surface area contributed by atoms with Crippen LogP contribution in [0.4, 0.5) is 0 Å². The van der Waals surface area contributed by atoms with E-state index in [1.165, 1.54) is 12.3 Å². The van der Waals surface area contributed by atoms with E-state index in [0.29, 0.717) is 6.42 Å². The minimum Gasteiger partial charge on any atom is -0.283 e. The van der Waals surface area contributed by atoms with Crippen LogP contribution < -0.4 is 5.43 Å². The van der Waals surface area contributed by atoms with Crippen LogP contribution in [0.1, 0.15) is 13.3 Å². The highest BCUT2D eigenvalue weighted by Gasteiger charge is 1.97. The molecule has 0 aliphatic carbocycles. The van der Waals surface area contributed by atoms with Crippen molar-refractivity contribution < 1.29 is 9.63 Å². The lowest BCUT2D eigenvalue weighted by molar-refractivity contribution is -0.166. The number of rotatable bonds is 3. The first-order valence-corrected chi connectivity index (χ1v) is 2.78. The SMILES string of the molecule is CCC(=O)NN(C)OC. The average Bonchev–Trinajstić information content (AvgIpc) is 1.87. The van der Waals surface area contributed by atoms with Crippen LogP contribution in [0.25, 0.3) is 0 Å². The Kier molecular flexibility index (Phi) is 4.00. The highest BCUT2D eigenvalue weighted by atomic mass is 16.7. The van der Waals surface area contributed by atoms with Gasteiger partial charge in [-0.25, -0.2) is 0 Å². The number of hydrogen-bond donors (Lipinski definition) is 1. The molecule has 4 nitrogen and oxygen atoms in total. The molecule has 0 saturated carbocycles. The molecule has 0 aromatic carbocycles. The van der Waals surface area contributed by atoms with Gasteiger partial charge in [0.2, 0.25) is 5.91 Å². The Morgan fingerprint density at radius 2 is 2.33 bits per heavy atom. The molecule has 54 valence electrons. The molecule has 9 heavy (non-hydrogen) atoms. The Labute approximate surface area is 54.7 Å². The zero-order valence-corrected chi connectivity index (χ0v) is 5.97. The molecule has 0 aliphatic rings. The molecule has 4 heteroatoms. The van der Waals surface area contributed by atoms with E-state index < -0.39 is 0 Å². The number of nitrogens with zero attached hydrogens (tertiary/aromatic N) is 1. The van der Waals surface area contributed by atoms with E-state index in [4.69, 9.17) is 0 Å². The zero-order chi connectivity index (χ0) is 7.28. The van der Waals surface area contributed by atoms with Gasteiger partial charge in [0.05, 0.1) is 7.11 Å². The lowest BCUT2D eigenvalue weighted by Gasteiger charge is -2.13. The van der Waals surface area contributed by atoms with Crippen LogP contribution in [0.15, 0.2) is 0 Å². The first-order chi connectivity index (χ1) is 4.20. The molecule has 0 aliphatic heterocycles. The number of nitrogens with one attached hydrogen (secondary N) is 1. The molecule has 0 spiro atoms. The minimum absolute atomic E-state index is 0.0562. The summed E-state index contributed by atoms with van der Waals surface area (Å²) in [4.78, 5) is 15.2. The molecule has 0 bridgehead atoms. The topological polar surface area (TPSA) is 41.6 Å². The Bertz CT molecular complexity index is 95.0. The third-order valence-electron chi connectivity index (χ3n) is 0.877. The number of hydrazine groups is 1. The van der Waals surface area contributed by atoms with Crippen molar-refractivity contribution in [2.24, 2.45) is 0 Å². The van der Waals surface area contributed by atoms with Crippen molar-refractivity contribution in [1.82, 2.24) is 10.6 Å². The van der Waals surface area contributed by atoms with Gasteiger partial charge in [-0.3, -0.25) is 15.1 Å². The number of carbonyl (C=O) groups is 1. The number of amides is 1. The first kappa shape index (κ1) is 8.39. The van der Waals surface area contributed by atoms with Gasteiger partial charge in [0.1, 0.15) is 0 Å². The van der Waals surface area contributed by atoms with Crippen LogP contribution in [-0.4, -0.2) is 25.2 Å². The Balaban J connectivity index is 3.34. The van der Waals surface area contributed by atoms with Gasteiger partial charge in [-0.05, 0) is 0 Å². The highest BCUT2D eigenvalue weighted by molar-refractivity contribution is 5.74. The highest BCUT2D eigenvalue weighted by Crippen LogP contribution is 1.77. The van der Waals surface area contributed by atoms with E-state index in [1.54, 1.807) is 14.0 Å². The molecule has 0 atom stereocenters. The molecule has 1 amide bonds. The van der Waals surface area contributed by atoms with Gasteiger partial charge in [0.25, 0.3) is 0 Å². The van der Waals surface area contributed by atoms with Crippen molar-refractivity contribution in [3.63, 3.8) is 0 Å². The smallest absolute Gasteiger partial charge is 0.235 e. The maximum Gasteiger partial charge on any atom is 0.235 e. The summed E-state index contributed by atoms with van der Waals surface area (Å²) in [6, 6.07) is 0. The van der Waals surface area contributed by atoms with Crippen molar-refractivity contribution in [1.29, 1.82) is 0 Å². The fourth-order valence-electron chi connectivity index (χ4n) is 0.300. The Hall–Kier alpha value is -0.610. The van der Waals surface area contributed by atoms with Crippen LogP contribution in [-0.2, 0) is 9.63 Å². The van der Waals surface area contributed by atoms with Crippen molar-refractivity contribution in [3.8, 4) is 0 Å².